The largest absolute Gasteiger partial charge is 0.480 e. The van der Waals surface area contributed by atoms with Crippen LogP contribution in [0.15, 0.2) is 53.6 Å². The number of carboxylic acid groups (broad SMARTS) is 1. The number of likely N-dealkylation sites (tertiary alicyclic amines) is 1. The second kappa shape index (κ2) is 7.15. The summed E-state index contributed by atoms with van der Waals surface area (Å²) in [6.45, 7) is 0.780. The molecule has 1 aliphatic heterocycles. The van der Waals surface area contributed by atoms with Crippen molar-refractivity contribution in [3.05, 3.63) is 59.9 Å². The summed E-state index contributed by atoms with van der Waals surface area (Å²) in [6.07, 6.45) is 5.42. The van der Waals surface area contributed by atoms with E-state index < -0.39 is 12.0 Å². The number of rotatable bonds is 5. The van der Waals surface area contributed by atoms with Crippen LogP contribution in [0.2, 0.25) is 0 Å². The van der Waals surface area contributed by atoms with Gasteiger partial charge in [-0.15, -0.1) is 11.8 Å². The van der Waals surface area contributed by atoms with Crippen molar-refractivity contribution < 1.29 is 9.90 Å². The molecular formula is C18H20N2O2S. The number of carboxylic acids is 1. The molecule has 2 atom stereocenters. The van der Waals surface area contributed by atoms with Gasteiger partial charge in [-0.05, 0) is 48.9 Å². The number of carbonyl (C=O) groups is 1. The van der Waals surface area contributed by atoms with Crippen LogP contribution >= 0.6 is 11.8 Å². The van der Waals surface area contributed by atoms with Gasteiger partial charge in [-0.3, -0.25) is 14.7 Å². The first-order chi connectivity index (χ1) is 11.2. The monoisotopic (exact) mass is 328 g/mol. The molecule has 0 aliphatic carbocycles. The summed E-state index contributed by atoms with van der Waals surface area (Å²) in [7, 11) is 0. The van der Waals surface area contributed by atoms with E-state index in [-0.39, 0.29) is 6.04 Å². The lowest BCUT2D eigenvalue weighted by molar-refractivity contribution is -0.142. The second-order valence-electron chi connectivity index (χ2n) is 5.66. The van der Waals surface area contributed by atoms with E-state index in [0.29, 0.717) is 6.42 Å². The zero-order valence-electron chi connectivity index (χ0n) is 13.1. The van der Waals surface area contributed by atoms with Gasteiger partial charge < -0.3 is 5.11 Å². The van der Waals surface area contributed by atoms with Crippen LogP contribution in [0, 0.1) is 0 Å². The molecule has 1 fully saturated rings. The van der Waals surface area contributed by atoms with E-state index in [0.717, 1.165) is 24.2 Å². The maximum atomic E-state index is 11.6. The van der Waals surface area contributed by atoms with Gasteiger partial charge >= 0.3 is 5.97 Å². The van der Waals surface area contributed by atoms with Crippen molar-refractivity contribution >= 4 is 17.7 Å². The molecule has 1 aliphatic rings. The minimum Gasteiger partial charge on any atom is -0.480 e. The third-order valence-electron chi connectivity index (χ3n) is 4.31. The van der Waals surface area contributed by atoms with Gasteiger partial charge in [0.2, 0.25) is 0 Å². The number of hydrogen-bond donors (Lipinski definition) is 1. The molecule has 1 saturated heterocycles. The van der Waals surface area contributed by atoms with Crippen molar-refractivity contribution in [3.63, 3.8) is 0 Å². The molecule has 3 rings (SSSR count). The fourth-order valence-electron chi connectivity index (χ4n) is 3.22. The first kappa shape index (κ1) is 16.0. The lowest BCUT2D eigenvalue weighted by Gasteiger charge is -2.31. The number of hydrogen-bond acceptors (Lipinski definition) is 4. The fourth-order valence-corrected chi connectivity index (χ4v) is 3.63. The summed E-state index contributed by atoms with van der Waals surface area (Å²) in [5, 5.41) is 9.54. The number of aromatic nitrogens is 1. The lowest BCUT2D eigenvalue weighted by Crippen LogP contribution is -2.39. The molecule has 5 heteroatoms. The Morgan fingerprint density at radius 3 is 2.70 bits per heavy atom. The van der Waals surface area contributed by atoms with Gasteiger partial charge in [-0.2, -0.15) is 0 Å². The van der Waals surface area contributed by atoms with Crippen molar-refractivity contribution in [2.75, 3.05) is 12.8 Å². The SMILES string of the molecule is CSc1ccc(C(c2ccccn2)N2CCCC2C(=O)O)cc1. The minimum absolute atomic E-state index is 0.115. The molecule has 0 radical (unpaired) electrons. The lowest BCUT2D eigenvalue weighted by atomic mass is 10.0. The molecule has 4 nitrogen and oxygen atoms in total. The average Bonchev–Trinajstić information content (AvgIpc) is 3.06. The topological polar surface area (TPSA) is 53.4 Å². The molecule has 0 spiro atoms. The van der Waals surface area contributed by atoms with Gasteiger partial charge in [0.25, 0.3) is 0 Å². The van der Waals surface area contributed by atoms with Crippen LogP contribution in [0.25, 0.3) is 0 Å². The highest BCUT2D eigenvalue weighted by atomic mass is 32.2. The van der Waals surface area contributed by atoms with E-state index in [1.54, 1.807) is 18.0 Å². The van der Waals surface area contributed by atoms with Gasteiger partial charge in [0.05, 0.1) is 11.7 Å². The Kier molecular flexibility index (Phi) is 4.98. The van der Waals surface area contributed by atoms with Gasteiger partial charge in [-0.25, -0.2) is 0 Å². The molecule has 1 aromatic heterocycles. The highest BCUT2D eigenvalue weighted by Gasteiger charge is 2.37. The summed E-state index contributed by atoms with van der Waals surface area (Å²) in [5.74, 6) is -0.746. The molecule has 2 aromatic rings. The van der Waals surface area contributed by atoms with Crippen molar-refractivity contribution in [2.45, 2.75) is 29.8 Å². The number of thioether (sulfide) groups is 1. The summed E-state index contributed by atoms with van der Waals surface area (Å²) in [4.78, 5) is 19.4. The van der Waals surface area contributed by atoms with E-state index in [1.165, 1.54) is 4.90 Å². The van der Waals surface area contributed by atoms with Crippen LogP contribution in [-0.2, 0) is 4.79 Å². The molecule has 120 valence electrons. The Hall–Kier alpha value is -1.85. The first-order valence-corrected chi connectivity index (χ1v) is 8.96. The number of aliphatic carboxylic acids is 1. The van der Waals surface area contributed by atoms with E-state index in [2.05, 4.69) is 34.1 Å². The Morgan fingerprint density at radius 2 is 2.09 bits per heavy atom. The number of nitrogens with zero attached hydrogens (tertiary/aromatic N) is 2. The molecule has 23 heavy (non-hydrogen) atoms. The quantitative estimate of drug-likeness (QED) is 0.852. The second-order valence-corrected chi connectivity index (χ2v) is 6.54. The summed E-state index contributed by atoms with van der Waals surface area (Å²) >= 11 is 1.70. The zero-order valence-corrected chi connectivity index (χ0v) is 13.9. The first-order valence-electron chi connectivity index (χ1n) is 7.74. The number of pyridine rings is 1. The Bertz CT molecular complexity index is 660. The van der Waals surface area contributed by atoms with Crippen LogP contribution in [0.5, 0.6) is 0 Å². The van der Waals surface area contributed by atoms with Gasteiger partial charge in [0.1, 0.15) is 6.04 Å². The maximum absolute atomic E-state index is 11.6. The van der Waals surface area contributed by atoms with Gasteiger partial charge in [0, 0.05) is 17.6 Å². The Labute approximate surface area is 140 Å². The van der Waals surface area contributed by atoms with E-state index in [1.807, 2.05) is 24.5 Å². The van der Waals surface area contributed by atoms with E-state index in [4.69, 9.17) is 0 Å². The van der Waals surface area contributed by atoms with Crippen LogP contribution < -0.4 is 0 Å². The van der Waals surface area contributed by atoms with Crippen LogP contribution in [0.3, 0.4) is 0 Å². The highest BCUT2D eigenvalue weighted by molar-refractivity contribution is 7.98. The molecule has 0 bridgehead atoms. The van der Waals surface area contributed by atoms with E-state index in [9.17, 15) is 9.90 Å². The molecule has 2 unspecified atom stereocenters. The van der Waals surface area contributed by atoms with Crippen LogP contribution in [0.1, 0.15) is 30.1 Å². The predicted octanol–water partition coefficient (Wildman–Crippen LogP) is 3.44. The standard InChI is InChI=1S/C18H20N2O2S/c1-23-14-9-7-13(8-10-14)17(15-5-2-3-11-19-15)20-12-4-6-16(20)18(21)22/h2-3,5,7-11,16-17H,4,6,12H2,1H3,(H,21,22). The number of benzene rings is 1. The van der Waals surface area contributed by atoms with Crippen molar-refractivity contribution in [1.29, 1.82) is 0 Å². The summed E-state index contributed by atoms with van der Waals surface area (Å²) in [6, 6.07) is 13.6. The third-order valence-corrected chi connectivity index (χ3v) is 5.05. The fraction of sp³-hybridized carbons (Fsp3) is 0.333. The van der Waals surface area contributed by atoms with Gasteiger partial charge in [-0.1, -0.05) is 18.2 Å². The average molecular weight is 328 g/mol. The summed E-state index contributed by atoms with van der Waals surface area (Å²) < 4.78 is 0. The molecule has 1 aromatic carbocycles. The molecular weight excluding hydrogens is 308 g/mol. The van der Waals surface area contributed by atoms with Crippen LogP contribution in [0.4, 0.5) is 0 Å². The highest BCUT2D eigenvalue weighted by Crippen LogP contribution is 2.34. The molecule has 1 N–H and O–H groups in total. The maximum Gasteiger partial charge on any atom is 0.320 e. The van der Waals surface area contributed by atoms with Crippen molar-refractivity contribution in [2.24, 2.45) is 0 Å². The predicted molar refractivity (Wildman–Crippen MR) is 91.7 cm³/mol. The van der Waals surface area contributed by atoms with E-state index >= 15 is 0 Å². The smallest absolute Gasteiger partial charge is 0.320 e. The third kappa shape index (κ3) is 3.41. The van der Waals surface area contributed by atoms with Crippen molar-refractivity contribution in [1.82, 2.24) is 9.88 Å². The molecule has 0 amide bonds. The Morgan fingerprint density at radius 1 is 1.30 bits per heavy atom. The minimum atomic E-state index is -0.746. The van der Waals surface area contributed by atoms with Gasteiger partial charge in [0.15, 0.2) is 0 Å². The molecule has 0 saturated carbocycles. The summed E-state index contributed by atoms with van der Waals surface area (Å²) in [5.41, 5.74) is 1.99. The zero-order chi connectivity index (χ0) is 16.2. The Balaban J connectivity index is 2.01. The van der Waals surface area contributed by atoms with Crippen LogP contribution in [-0.4, -0.2) is 39.8 Å². The van der Waals surface area contributed by atoms with Crippen molar-refractivity contribution in [3.8, 4) is 0 Å². The normalized spacial score (nSPS) is 19.6. The molecule has 2 heterocycles.